The van der Waals surface area contributed by atoms with Crippen LogP contribution < -0.4 is 5.32 Å². The Morgan fingerprint density at radius 1 is 1.44 bits per heavy atom. The number of aromatic nitrogens is 2. The van der Waals surface area contributed by atoms with E-state index in [1.54, 1.807) is 4.68 Å². The molecular formula is C13H21ClN4. The molecule has 0 aromatic carbocycles. The summed E-state index contributed by atoms with van der Waals surface area (Å²) in [5, 5.41) is 8.81. The molecule has 2 aliphatic heterocycles. The van der Waals surface area contributed by atoms with E-state index in [-0.39, 0.29) is 0 Å². The fourth-order valence-corrected chi connectivity index (χ4v) is 3.58. The number of piperidine rings is 1. The smallest absolute Gasteiger partial charge is 0.131 e. The molecule has 0 aliphatic carbocycles. The number of nitrogens with one attached hydrogen (secondary N) is 1. The highest BCUT2D eigenvalue weighted by Crippen LogP contribution is 2.28. The lowest BCUT2D eigenvalue weighted by molar-refractivity contribution is 0.312. The molecule has 100 valence electrons. The minimum absolute atomic E-state index is 0.689. The van der Waals surface area contributed by atoms with Crippen molar-refractivity contribution in [2.24, 2.45) is 13.0 Å². The first-order valence-corrected chi connectivity index (χ1v) is 7.16. The van der Waals surface area contributed by atoms with E-state index in [4.69, 9.17) is 11.6 Å². The van der Waals surface area contributed by atoms with Crippen molar-refractivity contribution < 1.29 is 0 Å². The van der Waals surface area contributed by atoms with Gasteiger partial charge in [-0.15, -0.1) is 0 Å². The first-order chi connectivity index (χ1) is 8.65. The maximum atomic E-state index is 6.30. The highest BCUT2D eigenvalue weighted by atomic mass is 35.5. The number of hydrogen-bond acceptors (Lipinski definition) is 3. The van der Waals surface area contributed by atoms with Crippen LogP contribution in [0.25, 0.3) is 0 Å². The largest absolute Gasteiger partial charge is 0.312 e. The summed E-state index contributed by atoms with van der Waals surface area (Å²) in [6, 6.07) is 0.689. The molecule has 3 heterocycles. The van der Waals surface area contributed by atoms with E-state index in [1.165, 1.54) is 31.5 Å². The minimum atomic E-state index is 0.689. The summed E-state index contributed by atoms with van der Waals surface area (Å²) in [6.07, 6.45) is 2.69. The van der Waals surface area contributed by atoms with Gasteiger partial charge in [-0.25, -0.2) is 0 Å². The number of nitrogens with zero attached hydrogens (tertiary/aromatic N) is 3. The van der Waals surface area contributed by atoms with Gasteiger partial charge in [0.2, 0.25) is 0 Å². The maximum Gasteiger partial charge on any atom is 0.131 e. The second kappa shape index (κ2) is 4.83. The van der Waals surface area contributed by atoms with E-state index in [0.717, 1.165) is 29.9 Å². The van der Waals surface area contributed by atoms with Crippen LogP contribution in [-0.4, -0.2) is 40.4 Å². The molecule has 18 heavy (non-hydrogen) atoms. The Morgan fingerprint density at radius 2 is 2.28 bits per heavy atom. The van der Waals surface area contributed by atoms with Gasteiger partial charge in [0, 0.05) is 38.3 Å². The molecule has 4 nitrogen and oxygen atoms in total. The van der Waals surface area contributed by atoms with Crippen molar-refractivity contribution in [1.82, 2.24) is 20.0 Å². The monoisotopic (exact) mass is 268 g/mol. The van der Waals surface area contributed by atoms with Gasteiger partial charge in [0.1, 0.15) is 5.15 Å². The third-order valence-electron chi connectivity index (χ3n) is 4.33. The molecule has 2 saturated heterocycles. The van der Waals surface area contributed by atoms with Crippen LogP contribution in [0, 0.1) is 12.8 Å². The van der Waals surface area contributed by atoms with E-state index >= 15 is 0 Å². The zero-order valence-electron chi connectivity index (χ0n) is 11.1. The molecule has 0 spiro atoms. The van der Waals surface area contributed by atoms with Crippen LogP contribution in [0.15, 0.2) is 0 Å². The van der Waals surface area contributed by atoms with Gasteiger partial charge in [-0.3, -0.25) is 9.58 Å². The van der Waals surface area contributed by atoms with Crippen LogP contribution in [0.4, 0.5) is 0 Å². The number of fused-ring (bicyclic) bond motifs is 1. The third-order valence-corrected chi connectivity index (χ3v) is 4.80. The van der Waals surface area contributed by atoms with Crippen LogP contribution in [0.5, 0.6) is 0 Å². The van der Waals surface area contributed by atoms with E-state index in [0.29, 0.717) is 6.04 Å². The van der Waals surface area contributed by atoms with E-state index in [2.05, 4.69) is 15.3 Å². The standard InChI is InChI=1S/C13H21ClN4/c1-9-11(13(14)17(2)16-9)7-18-6-10-4-3-5-15-12(10)8-18/h10,12,15H,3-8H2,1-2H3/t10-,12+/m0/s1. The number of aryl methyl sites for hydroxylation is 2. The second-order valence-electron chi connectivity index (χ2n) is 5.64. The van der Waals surface area contributed by atoms with Crippen LogP contribution in [0.1, 0.15) is 24.1 Å². The summed E-state index contributed by atoms with van der Waals surface area (Å²) in [6.45, 7) is 6.51. The Bertz CT molecular complexity index is 428. The zero-order valence-corrected chi connectivity index (χ0v) is 11.9. The van der Waals surface area contributed by atoms with Crippen molar-refractivity contribution in [1.29, 1.82) is 0 Å². The fraction of sp³-hybridized carbons (Fsp3) is 0.769. The number of hydrogen-bond donors (Lipinski definition) is 1. The van der Waals surface area contributed by atoms with Crippen molar-refractivity contribution >= 4 is 11.6 Å². The number of halogens is 1. The lowest BCUT2D eigenvalue weighted by Gasteiger charge is -2.24. The lowest BCUT2D eigenvalue weighted by atomic mass is 9.94. The van der Waals surface area contributed by atoms with Crippen molar-refractivity contribution in [3.05, 3.63) is 16.4 Å². The summed E-state index contributed by atoms with van der Waals surface area (Å²) in [7, 11) is 1.91. The Kier molecular flexibility index (Phi) is 3.34. The second-order valence-corrected chi connectivity index (χ2v) is 5.99. The quantitative estimate of drug-likeness (QED) is 0.884. The molecule has 3 rings (SSSR count). The molecule has 2 atom stereocenters. The van der Waals surface area contributed by atoms with Crippen LogP contribution in [0.3, 0.4) is 0 Å². The molecule has 5 heteroatoms. The van der Waals surface area contributed by atoms with Gasteiger partial charge < -0.3 is 5.32 Å². The molecular weight excluding hydrogens is 248 g/mol. The molecule has 1 N–H and O–H groups in total. The molecule has 0 saturated carbocycles. The zero-order chi connectivity index (χ0) is 12.7. The predicted molar refractivity (Wildman–Crippen MR) is 72.7 cm³/mol. The predicted octanol–water partition coefficient (Wildman–Crippen LogP) is 1.57. The molecule has 0 bridgehead atoms. The average molecular weight is 269 g/mol. The summed E-state index contributed by atoms with van der Waals surface area (Å²) >= 11 is 6.30. The molecule has 1 aromatic heterocycles. The average Bonchev–Trinajstić information content (AvgIpc) is 2.86. The molecule has 0 unspecified atom stereocenters. The number of rotatable bonds is 2. The Labute approximate surface area is 113 Å². The summed E-state index contributed by atoms with van der Waals surface area (Å²) in [5.74, 6) is 0.828. The highest BCUT2D eigenvalue weighted by molar-refractivity contribution is 6.30. The van der Waals surface area contributed by atoms with Crippen molar-refractivity contribution in [3.63, 3.8) is 0 Å². The van der Waals surface area contributed by atoms with Gasteiger partial charge in [-0.1, -0.05) is 11.6 Å². The first kappa shape index (κ1) is 12.5. The van der Waals surface area contributed by atoms with Gasteiger partial charge in [0.25, 0.3) is 0 Å². The number of likely N-dealkylation sites (tertiary alicyclic amines) is 1. The summed E-state index contributed by atoms with van der Waals surface area (Å²) in [4.78, 5) is 2.52. The van der Waals surface area contributed by atoms with Gasteiger partial charge in [-0.05, 0) is 32.2 Å². The third kappa shape index (κ3) is 2.17. The van der Waals surface area contributed by atoms with Crippen molar-refractivity contribution in [2.75, 3.05) is 19.6 Å². The van der Waals surface area contributed by atoms with Gasteiger partial charge >= 0.3 is 0 Å². The maximum absolute atomic E-state index is 6.30. The SMILES string of the molecule is Cc1nn(C)c(Cl)c1CN1C[C@@H]2CCCN[C@@H]2C1. The first-order valence-electron chi connectivity index (χ1n) is 6.79. The topological polar surface area (TPSA) is 33.1 Å². The van der Waals surface area contributed by atoms with Gasteiger partial charge in [-0.2, -0.15) is 5.10 Å². The molecule has 2 aliphatic rings. The highest BCUT2D eigenvalue weighted by Gasteiger charge is 2.34. The normalized spacial score (nSPS) is 28.6. The Balaban J connectivity index is 1.70. The van der Waals surface area contributed by atoms with Crippen LogP contribution >= 0.6 is 11.6 Å². The molecule has 1 aromatic rings. The van der Waals surface area contributed by atoms with Crippen molar-refractivity contribution in [3.8, 4) is 0 Å². The lowest BCUT2D eigenvalue weighted by Crippen LogP contribution is -2.40. The molecule has 0 radical (unpaired) electrons. The van der Waals surface area contributed by atoms with E-state index in [1.807, 2.05) is 14.0 Å². The van der Waals surface area contributed by atoms with Crippen LogP contribution in [0.2, 0.25) is 5.15 Å². The Morgan fingerprint density at radius 3 is 2.94 bits per heavy atom. The van der Waals surface area contributed by atoms with E-state index in [9.17, 15) is 0 Å². The van der Waals surface area contributed by atoms with Crippen LogP contribution in [-0.2, 0) is 13.6 Å². The van der Waals surface area contributed by atoms with E-state index < -0.39 is 0 Å². The summed E-state index contributed by atoms with van der Waals surface area (Å²) in [5.41, 5.74) is 2.25. The molecule has 0 amide bonds. The fourth-order valence-electron chi connectivity index (χ4n) is 3.34. The summed E-state index contributed by atoms with van der Waals surface area (Å²) < 4.78 is 1.77. The van der Waals surface area contributed by atoms with Crippen molar-refractivity contribution in [2.45, 2.75) is 32.4 Å². The Hall–Kier alpha value is -0.580. The van der Waals surface area contributed by atoms with Gasteiger partial charge in [0.05, 0.1) is 5.69 Å². The minimum Gasteiger partial charge on any atom is -0.312 e. The molecule has 2 fully saturated rings. The van der Waals surface area contributed by atoms with Gasteiger partial charge in [0.15, 0.2) is 0 Å².